The molecule has 2 aliphatic heterocycles. The van der Waals surface area contributed by atoms with Crippen molar-refractivity contribution >= 4 is 5.91 Å². The Labute approximate surface area is 71.8 Å². The number of nitrogens with zero attached hydrogens (tertiary/aromatic N) is 1. The molecule has 1 N–H and O–H groups in total. The summed E-state index contributed by atoms with van der Waals surface area (Å²) in [7, 11) is 0. The quantitative estimate of drug-likeness (QED) is 0.622. The van der Waals surface area contributed by atoms with Crippen LogP contribution in [0.5, 0.6) is 0 Å². The van der Waals surface area contributed by atoms with E-state index in [0.717, 1.165) is 26.1 Å². The van der Waals surface area contributed by atoms with Gasteiger partial charge < -0.3 is 5.32 Å². The Morgan fingerprint density at radius 1 is 1.67 bits per heavy atom. The van der Waals surface area contributed by atoms with Crippen LogP contribution in [-0.2, 0) is 9.63 Å². The minimum absolute atomic E-state index is 0.141. The van der Waals surface area contributed by atoms with Gasteiger partial charge in [0.2, 0.25) is 5.91 Å². The second kappa shape index (κ2) is 3.41. The lowest BCUT2D eigenvalue weighted by Gasteiger charge is -2.17. The molecule has 2 fully saturated rings. The van der Waals surface area contributed by atoms with E-state index in [-0.39, 0.29) is 5.91 Å². The summed E-state index contributed by atoms with van der Waals surface area (Å²) in [6.07, 6.45) is 1.72. The molecule has 1 amide bonds. The van der Waals surface area contributed by atoms with Crippen molar-refractivity contribution < 1.29 is 9.63 Å². The summed E-state index contributed by atoms with van der Waals surface area (Å²) in [5, 5.41) is 4.79. The van der Waals surface area contributed by atoms with Crippen molar-refractivity contribution in [2.45, 2.75) is 12.8 Å². The number of amides is 1. The zero-order valence-corrected chi connectivity index (χ0v) is 7.08. The van der Waals surface area contributed by atoms with E-state index in [1.165, 1.54) is 5.06 Å². The highest BCUT2D eigenvalue weighted by Crippen LogP contribution is 2.14. The van der Waals surface area contributed by atoms with Gasteiger partial charge in [0.25, 0.3) is 0 Å². The molecule has 0 aromatic rings. The Morgan fingerprint density at radius 2 is 2.58 bits per heavy atom. The highest BCUT2D eigenvalue weighted by Gasteiger charge is 2.26. The second-order valence-corrected chi connectivity index (χ2v) is 3.40. The number of carbonyl (C=O) groups excluding carboxylic acids is 1. The molecule has 0 bridgehead atoms. The summed E-state index contributed by atoms with van der Waals surface area (Å²) in [6.45, 7) is 3.44. The summed E-state index contributed by atoms with van der Waals surface area (Å²) >= 11 is 0. The van der Waals surface area contributed by atoms with Crippen LogP contribution in [0, 0.1) is 5.92 Å². The Kier molecular flexibility index (Phi) is 2.28. The van der Waals surface area contributed by atoms with E-state index in [1.807, 2.05) is 0 Å². The number of hydrogen-bond donors (Lipinski definition) is 1. The Bertz CT molecular complexity index is 178. The topological polar surface area (TPSA) is 41.6 Å². The van der Waals surface area contributed by atoms with Gasteiger partial charge in [-0.2, -0.15) is 0 Å². The standard InChI is InChI=1S/C8H14N2O2/c11-8-2-4-12-10(8)6-7-1-3-9-5-7/h7,9H,1-6H2. The summed E-state index contributed by atoms with van der Waals surface area (Å²) in [5.74, 6) is 0.731. The molecule has 2 heterocycles. The third-order valence-corrected chi connectivity index (χ3v) is 2.43. The van der Waals surface area contributed by atoms with Crippen LogP contribution in [0.15, 0.2) is 0 Å². The predicted octanol–water partition coefficient (Wildman–Crippen LogP) is -0.240. The van der Waals surface area contributed by atoms with Gasteiger partial charge >= 0.3 is 0 Å². The molecule has 1 atom stereocenters. The Morgan fingerprint density at radius 3 is 3.17 bits per heavy atom. The summed E-state index contributed by atoms with van der Waals surface area (Å²) in [6, 6.07) is 0. The van der Waals surface area contributed by atoms with E-state index in [4.69, 9.17) is 4.84 Å². The molecule has 0 aromatic heterocycles. The predicted molar refractivity (Wildman–Crippen MR) is 43.3 cm³/mol. The van der Waals surface area contributed by atoms with E-state index < -0.39 is 0 Å². The molecule has 0 radical (unpaired) electrons. The lowest BCUT2D eigenvalue weighted by molar-refractivity contribution is -0.164. The summed E-state index contributed by atoms with van der Waals surface area (Å²) < 4.78 is 0. The van der Waals surface area contributed by atoms with Gasteiger partial charge in [0, 0.05) is 0 Å². The maximum Gasteiger partial charge on any atom is 0.248 e. The van der Waals surface area contributed by atoms with Crippen LogP contribution >= 0.6 is 0 Å². The average molecular weight is 170 g/mol. The molecule has 2 aliphatic rings. The molecule has 0 aromatic carbocycles. The van der Waals surface area contributed by atoms with E-state index in [0.29, 0.717) is 18.9 Å². The number of hydrogen-bond acceptors (Lipinski definition) is 3. The van der Waals surface area contributed by atoms with Crippen LogP contribution < -0.4 is 5.32 Å². The van der Waals surface area contributed by atoms with Gasteiger partial charge in [-0.25, -0.2) is 5.06 Å². The fourth-order valence-electron chi connectivity index (χ4n) is 1.70. The largest absolute Gasteiger partial charge is 0.316 e. The van der Waals surface area contributed by atoms with E-state index in [2.05, 4.69) is 5.32 Å². The molecular weight excluding hydrogens is 156 g/mol. The summed E-state index contributed by atoms with van der Waals surface area (Å²) in [5.41, 5.74) is 0. The molecule has 2 saturated heterocycles. The smallest absolute Gasteiger partial charge is 0.248 e. The Hall–Kier alpha value is -0.610. The third kappa shape index (κ3) is 1.59. The molecule has 4 nitrogen and oxygen atoms in total. The van der Waals surface area contributed by atoms with Crippen molar-refractivity contribution in [3.8, 4) is 0 Å². The number of nitrogens with one attached hydrogen (secondary N) is 1. The molecule has 12 heavy (non-hydrogen) atoms. The van der Waals surface area contributed by atoms with E-state index >= 15 is 0 Å². The maximum absolute atomic E-state index is 11.1. The minimum atomic E-state index is 0.141. The van der Waals surface area contributed by atoms with Crippen LogP contribution in [-0.4, -0.2) is 37.2 Å². The van der Waals surface area contributed by atoms with Crippen LogP contribution in [0.1, 0.15) is 12.8 Å². The minimum Gasteiger partial charge on any atom is -0.316 e. The van der Waals surface area contributed by atoms with E-state index in [9.17, 15) is 4.79 Å². The van der Waals surface area contributed by atoms with Gasteiger partial charge in [0.15, 0.2) is 0 Å². The first-order valence-electron chi connectivity index (χ1n) is 4.50. The molecule has 0 spiro atoms. The van der Waals surface area contributed by atoms with Gasteiger partial charge in [0.1, 0.15) is 0 Å². The van der Waals surface area contributed by atoms with Gasteiger partial charge in [-0.05, 0) is 25.4 Å². The first-order chi connectivity index (χ1) is 5.86. The monoisotopic (exact) mass is 170 g/mol. The average Bonchev–Trinajstić information content (AvgIpc) is 2.65. The molecule has 68 valence electrons. The van der Waals surface area contributed by atoms with Gasteiger partial charge in [-0.15, -0.1) is 0 Å². The van der Waals surface area contributed by atoms with E-state index in [1.54, 1.807) is 0 Å². The molecule has 0 saturated carbocycles. The zero-order valence-electron chi connectivity index (χ0n) is 7.08. The van der Waals surface area contributed by atoms with Gasteiger partial charge in [-0.1, -0.05) is 0 Å². The van der Waals surface area contributed by atoms with Crippen molar-refractivity contribution in [3.63, 3.8) is 0 Å². The fourth-order valence-corrected chi connectivity index (χ4v) is 1.70. The summed E-state index contributed by atoms with van der Waals surface area (Å²) in [4.78, 5) is 16.3. The molecule has 2 rings (SSSR count). The van der Waals surface area contributed by atoms with Gasteiger partial charge in [-0.3, -0.25) is 9.63 Å². The first-order valence-corrected chi connectivity index (χ1v) is 4.50. The Balaban J connectivity index is 1.81. The highest BCUT2D eigenvalue weighted by atomic mass is 16.7. The molecule has 1 unspecified atom stereocenters. The molecule has 0 aliphatic carbocycles. The van der Waals surface area contributed by atoms with Crippen molar-refractivity contribution in [2.24, 2.45) is 5.92 Å². The fraction of sp³-hybridized carbons (Fsp3) is 0.875. The van der Waals surface area contributed by atoms with Crippen molar-refractivity contribution in [2.75, 3.05) is 26.2 Å². The van der Waals surface area contributed by atoms with Gasteiger partial charge in [0.05, 0.1) is 19.6 Å². The molecular formula is C8H14N2O2. The normalized spacial score (nSPS) is 30.2. The maximum atomic E-state index is 11.1. The van der Waals surface area contributed by atoms with Crippen molar-refractivity contribution in [3.05, 3.63) is 0 Å². The van der Waals surface area contributed by atoms with Crippen LogP contribution in [0.25, 0.3) is 0 Å². The number of hydroxylamine groups is 2. The van der Waals surface area contributed by atoms with Crippen LogP contribution in [0.2, 0.25) is 0 Å². The third-order valence-electron chi connectivity index (χ3n) is 2.43. The SMILES string of the molecule is O=C1CCON1CC1CCNC1. The van der Waals surface area contributed by atoms with Crippen molar-refractivity contribution in [1.29, 1.82) is 0 Å². The number of rotatable bonds is 2. The first kappa shape index (κ1) is 8.01. The zero-order chi connectivity index (χ0) is 8.39. The van der Waals surface area contributed by atoms with Crippen LogP contribution in [0.3, 0.4) is 0 Å². The van der Waals surface area contributed by atoms with Crippen LogP contribution in [0.4, 0.5) is 0 Å². The van der Waals surface area contributed by atoms with Crippen molar-refractivity contribution in [1.82, 2.24) is 10.4 Å². The lowest BCUT2D eigenvalue weighted by Crippen LogP contribution is -2.30. The highest BCUT2D eigenvalue weighted by molar-refractivity contribution is 5.76. The lowest BCUT2D eigenvalue weighted by atomic mass is 10.1. The second-order valence-electron chi connectivity index (χ2n) is 3.40. The number of carbonyl (C=O) groups is 1. The molecule has 4 heteroatoms.